The Morgan fingerprint density at radius 3 is 2.82 bits per heavy atom. The van der Waals surface area contributed by atoms with E-state index in [1.54, 1.807) is 6.08 Å². The molecule has 1 aromatic carbocycles. The maximum Gasteiger partial charge on any atom is 0.194 e. The van der Waals surface area contributed by atoms with Gasteiger partial charge in [0.05, 0.1) is 12.2 Å². The minimum absolute atomic E-state index is 0.155. The van der Waals surface area contributed by atoms with Gasteiger partial charge in [0.15, 0.2) is 5.78 Å². The van der Waals surface area contributed by atoms with Gasteiger partial charge in [-0.25, -0.2) is 8.78 Å². The monoisotopic (exact) mass is 240 g/mol. The molecule has 92 valence electrons. The van der Waals surface area contributed by atoms with Crippen LogP contribution >= 0.6 is 0 Å². The van der Waals surface area contributed by atoms with Crippen molar-refractivity contribution in [1.29, 1.82) is 0 Å². The van der Waals surface area contributed by atoms with Crippen molar-refractivity contribution >= 4 is 5.78 Å². The SMILES string of the molecule is C=CCCOC(C)C(=O)c1ccc(F)cc1F. The molecular weight excluding hydrogens is 226 g/mol. The standard InChI is InChI=1S/C13H14F2O2/c1-3-4-7-17-9(2)13(16)11-6-5-10(14)8-12(11)15/h3,5-6,8-9H,1,4,7H2,2H3. The summed E-state index contributed by atoms with van der Waals surface area (Å²) in [5.74, 6) is -2.07. The molecule has 0 aromatic heterocycles. The van der Waals surface area contributed by atoms with Crippen LogP contribution in [0.3, 0.4) is 0 Å². The molecule has 0 N–H and O–H groups in total. The van der Waals surface area contributed by atoms with Crippen LogP contribution in [0.5, 0.6) is 0 Å². The summed E-state index contributed by atoms with van der Waals surface area (Å²) in [5, 5.41) is 0. The molecule has 4 heteroatoms. The van der Waals surface area contributed by atoms with Gasteiger partial charge in [-0.05, 0) is 25.5 Å². The van der Waals surface area contributed by atoms with Crippen LogP contribution in [0.15, 0.2) is 30.9 Å². The normalized spacial score (nSPS) is 12.2. The van der Waals surface area contributed by atoms with Crippen molar-refractivity contribution < 1.29 is 18.3 Å². The summed E-state index contributed by atoms with van der Waals surface area (Å²) in [6.07, 6.45) is 1.52. The zero-order valence-electron chi connectivity index (χ0n) is 9.58. The molecule has 1 rings (SSSR count). The number of carbonyl (C=O) groups excluding carboxylic acids is 1. The van der Waals surface area contributed by atoms with Crippen molar-refractivity contribution in [2.45, 2.75) is 19.4 Å². The van der Waals surface area contributed by atoms with Gasteiger partial charge in [0.25, 0.3) is 0 Å². The van der Waals surface area contributed by atoms with Crippen LogP contribution in [0.4, 0.5) is 8.78 Å². The van der Waals surface area contributed by atoms with Crippen molar-refractivity contribution in [3.8, 4) is 0 Å². The Balaban J connectivity index is 2.71. The van der Waals surface area contributed by atoms with E-state index >= 15 is 0 Å². The molecule has 0 fully saturated rings. The van der Waals surface area contributed by atoms with Gasteiger partial charge in [0.2, 0.25) is 0 Å². The molecule has 0 radical (unpaired) electrons. The zero-order chi connectivity index (χ0) is 12.8. The van der Waals surface area contributed by atoms with Gasteiger partial charge >= 0.3 is 0 Å². The molecule has 1 unspecified atom stereocenters. The van der Waals surface area contributed by atoms with Crippen molar-refractivity contribution in [1.82, 2.24) is 0 Å². The van der Waals surface area contributed by atoms with E-state index in [0.717, 1.165) is 12.1 Å². The minimum atomic E-state index is -0.867. The fourth-order valence-electron chi connectivity index (χ4n) is 1.31. The molecule has 0 heterocycles. The molecule has 0 spiro atoms. The largest absolute Gasteiger partial charge is 0.370 e. The summed E-state index contributed by atoms with van der Waals surface area (Å²) in [5.41, 5.74) is -0.155. The number of carbonyl (C=O) groups is 1. The van der Waals surface area contributed by atoms with E-state index in [9.17, 15) is 13.6 Å². The number of rotatable bonds is 6. The van der Waals surface area contributed by atoms with E-state index in [1.807, 2.05) is 0 Å². The van der Waals surface area contributed by atoms with E-state index in [-0.39, 0.29) is 5.56 Å². The highest BCUT2D eigenvalue weighted by atomic mass is 19.1. The van der Waals surface area contributed by atoms with Gasteiger partial charge < -0.3 is 4.74 Å². The quantitative estimate of drug-likeness (QED) is 0.434. The van der Waals surface area contributed by atoms with Gasteiger partial charge in [-0.2, -0.15) is 0 Å². The molecule has 0 aliphatic rings. The van der Waals surface area contributed by atoms with Crippen molar-refractivity contribution in [2.75, 3.05) is 6.61 Å². The summed E-state index contributed by atoms with van der Waals surface area (Å²) in [6, 6.07) is 2.86. The molecule has 0 aliphatic carbocycles. The van der Waals surface area contributed by atoms with Gasteiger partial charge in [-0.3, -0.25) is 4.79 Å². The van der Waals surface area contributed by atoms with Crippen LogP contribution < -0.4 is 0 Å². The van der Waals surface area contributed by atoms with Crippen LogP contribution in [0.2, 0.25) is 0 Å². The first-order valence-electron chi connectivity index (χ1n) is 5.28. The first kappa shape index (κ1) is 13.5. The lowest BCUT2D eigenvalue weighted by molar-refractivity contribution is 0.0488. The fourth-order valence-corrected chi connectivity index (χ4v) is 1.31. The average Bonchev–Trinajstić information content (AvgIpc) is 2.28. The summed E-state index contributed by atoms with van der Waals surface area (Å²) in [6.45, 7) is 5.40. The van der Waals surface area contributed by atoms with E-state index in [2.05, 4.69) is 6.58 Å². The Hall–Kier alpha value is -1.55. The molecule has 17 heavy (non-hydrogen) atoms. The second-order valence-electron chi connectivity index (χ2n) is 3.58. The summed E-state index contributed by atoms with van der Waals surface area (Å²) < 4.78 is 31.2. The predicted octanol–water partition coefficient (Wildman–Crippen LogP) is 3.13. The van der Waals surface area contributed by atoms with Crippen molar-refractivity contribution in [2.24, 2.45) is 0 Å². The number of benzene rings is 1. The van der Waals surface area contributed by atoms with E-state index < -0.39 is 23.5 Å². The van der Waals surface area contributed by atoms with Gasteiger partial charge in [0, 0.05) is 6.07 Å². The first-order chi connectivity index (χ1) is 8.06. The van der Waals surface area contributed by atoms with Crippen molar-refractivity contribution in [3.05, 3.63) is 48.1 Å². The van der Waals surface area contributed by atoms with Crippen LogP contribution in [-0.4, -0.2) is 18.5 Å². The van der Waals surface area contributed by atoms with E-state index in [4.69, 9.17) is 4.74 Å². The number of ether oxygens (including phenoxy) is 1. The number of ketones is 1. The lowest BCUT2D eigenvalue weighted by Crippen LogP contribution is -2.22. The lowest BCUT2D eigenvalue weighted by Gasteiger charge is -2.11. The Bertz CT molecular complexity index is 416. The number of Topliss-reactive ketones (excluding diaryl/α,β-unsaturated/α-hetero) is 1. The molecule has 0 saturated carbocycles. The van der Waals surface area contributed by atoms with Gasteiger partial charge in [-0.15, -0.1) is 6.58 Å². The minimum Gasteiger partial charge on any atom is -0.370 e. The highest BCUT2D eigenvalue weighted by Crippen LogP contribution is 2.13. The Morgan fingerprint density at radius 1 is 1.53 bits per heavy atom. The fraction of sp³-hybridized carbons (Fsp3) is 0.308. The van der Waals surface area contributed by atoms with E-state index in [0.29, 0.717) is 19.1 Å². The highest BCUT2D eigenvalue weighted by Gasteiger charge is 2.19. The smallest absolute Gasteiger partial charge is 0.194 e. The number of hydrogen-bond donors (Lipinski definition) is 0. The van der Waals surface area contributed by atoms with Crippen LogP contribution in [0, 0.1) is 11.6 Å². The van der Waals surface area contributed by atoms with Gasteiger partial charge in [0.1, 0.15) is 17.7 Å². The first-order valence-corrected chi connectivity index (χ1v) is 5.28. The average molecular weight is 240 g/mol. The second kappa shape index (κ2) is 6.25. The Labute approximate surface area is 98.9 Å². The van der Waals surface area contributed by atoms with Crippen molar-refractivity contribution in [3.63, 3.8) is 0 Å². The highest BCUT2D eigenvalue weighted by molar-refractivity contribution is 5.99. The topological polar surface area (TPSA) is 26.3 Å². The molecule has 0 bridgehead atoms. The maximum atomic E-state index is 13.3. The maximum absolute atomic E-state index is 13.3. The second-order valence-corrected chi connectivity index (χ2v) is 3.58. The van der Waals surface area contributed by atoms with Crippen LogP contribution in [-0.2, 0) is 4.74 Å². The third kappa shape index (κ3) is 3.75. The zero-order valence-corrected chi connectivity index (χ0v) is 9.58. The molecule has 2 nitrogen and oxygen atoms in total. The number of halogens is 2. The predicted molar refractivity (Wildman–Crippen MR) is 60.9 cm³/mol. The Kier molecular flexibility index (Phi) is 4.97. The summed E-state index contributed by atoms with van der Waals surface area (Å²) in [4.78, 5) is 11.8. The summed E-state index contributed by atoms with van der Waals surface area (Å²) >= 11 is 0. The summed E-state index contributed by atoms with van der Waals surface area (Å²) in [7, 11) is 0. The third-order valence-corrected chi connectivity index (χ3v) is 2.26. The molecular formula is C13H14F2O2. The molecule has 1 aromatic rings. The van der Waals surface area contributed by atoms with Crippen LogP contribution in [0.25, 0.3) is 0 Å². The van der Waals surface area contributed by atoms with E-state index in [1.165, 1.54) is 6.92 Å². The molecule has 0 amide bonds. The third-order valence-electron chi connectivity index (χ3n) is 2.26. The van der Waals surface area contributed by atoms with Gasteiger partial charge in [-0.1, -0.05) is 6.08 Å². The molecule has 0 aliphatic heterocycles. The van der Waals surface area contributed by atoms with Crippen LogP contribution in [0.1, 0.15) is 23.7 Å². The molecule has 0 saturated heterocycles. The Morgan fingerprint density at radius 2 is 2.24 bits per heavy atom. The lowest BCUT2D eigenvalue weighted by atomic mass is 10.1. The number of hydrogen-bond acceptors (Lipinski definition) is 2. The molecule has 1 atom stereocenters.